The van der Waals surface area contributed by atoms with Gasteiger partial charge in [-0.2, -0.15) is 0 Å². The monoisotopic (exact) mass is 261 g/mol. The number of hydrogen-bond donors (Lipinski definition) is 0. The average molecular weight is 261 g/mol. The van der Waals surface area contributed by atoms with E-state index >= 15 is 0 Å². The summed E-state index contributed by atoms with van der Waals surface area (Å²) in [5.74, 6) is 0. The van der Waals surface area contributed by atoms with E-state index in [1.807, 2.05) is 8.02 Å². The second-order valence-corrected chi connectivity index (χ2v) is 0. The second-order valence-electron chi connectivity index (χ2n) is 0. The van der Waals surface area contributed by atoms with E-state index in [-0.39, 0.29) is 162 Å². The molecule has 0 aliphatic carbocycles. The summed E-state index contributed by atoms with van der Waals surface area (Å²) >= 11 is 7.78. The summed E-state index contributed by atoms with van der Waals surface area (Å²) in [5.41, 5.74) is 0. The molecule has 8 heavy (non-hydrogen) atoms. The Kier molecular flexibility index (Phi) is 242. The maximum atomic E-state index is 4.00. The molecule has 0 radical (unpaired) electrons. The first-order valence-corrected chi connectivity index (χ1v) is 3.76. The van der Waals surface area contributed by atoms with Gasteiger partial charge in [0, 0.05) is 0 Å². The molecule has 1 atom stereocenters. The molecule has 0 spiro atoms. The summed E-state index contributed by atoms with van der Waals surface area (Å²) in [7, 11) is 5.11. The van der Waals surface area contributed by atoms with E-state index in [2.05, 4.69) is 31.6 Å². The molecule has 0 amide bonds. The number of rotatable bonds is 0. The van der Waals surface area contributed by atoms with Crippen LogP contribution in [0.5, 0.6) is 0 Å². The molecule has 0 fully saturated rings. The quantitative estimate of drug-likeness (QED) is 0.314. The zero-order valence-electron chi connectivity index (χ0n) is 4.84. The normalized spacial score (nSPS) is 1.00. The Morgan fingerprint density at radius 1 is 0.875 bits per heavy atom. The van der Waals surface area contributed by atoms with Gasteiger partial charge < -0.3 is 19.8 Å². The molecule has 0 saturated carbocycles. The average Bonchev–Trinajstić information content (AvgIpc) is 1.50. The van der Waals surface area contributed by atoms with Crippen molar-refractivity contribution >= 4 is 39.6 Å². The van der Waals surface area contributed by atoms with Gasteiger partial charge in [-0.3, -0.25) is 0 Å². The fourth-order valence-corrected chi connectivity index (χ4v) is 0. The Hall–Kier alpha value is 5.95. The van der Waals surface area contributed by atoms with Crippen molar-refractivity contribution in [1.82, 2.24) is 0 Å². The molecule has 0 rings (SSSR count). The van der Waals surface area contributed by atoms with Gasteiger partial charge in [0.15, 0.2) is 11.8 Å². The third-order valence-electron chi connectivity index (χ3n) is 0. The van der Waals surface area contributed by atoms with Crippen LogP contribution in [-0.2, 0) is 23.6 Å². The molecule has 1 unspecified atom stereocenters. The fraction of sp³-hybridized carbons (Fsp3) is 1.00. The molecule has 0 aromatic carbocycles. The molecular weight excluding hydrogens is 255 g/mol. The van der Waals surface area contributed by atoms with Gasteiger partial charge in [-0.15, -0.1) is 0 Å². The molecule has 0 saturated heterocycles. The summed E-state index contributed by atoms with van der Waals surface area (Å²) < 4.78 is 0. The minimum absolute atomic E-state index is 0. The molecule has 0 N–H and O–H groups in total. The number of hydrogen-bond acceptors (Lipinski definition) is 2. The Labute approximate surface area is 194 Å². The minimum atomic E-state index is 0. The largest absolute Gasteiger partial charge is 1.00 e. The van der Waals surface area contributed by atoms with E-state index < -0.39 is 0 Å². The van der Waals surface area contributed by atoms with Crippen LogP contribution in [0.3, 0.4) is 0 Å². The SMILES string of the molecule is C.[K+].[K+].[K+].[P-]=S.[PH2+]=S. The van der Waals surface area contributed by atoms with Crippen LogP contribution in [0.4, 0.5) is 0 Å². The van der Waals surface area contributed by atoms with Crippen LogP contribution in [0.15, 0.2) is 0 Å². The third-order valence-corrected chi connectivity index (χ3v) is 0. The third kappa shape index (κ3) is 40.5. The summed E-state index contributed by atoms with van der Waals surface area (Å²) in [6, 6.07) is 0. The van der Waals surface area contributed by atoms with E-state index in [9.17, 15) is 0 Å². The van der Waals surface area contributed by atoms with Crippen molar-refractivity contribution in [2.45, 2.75) is 7.43 Å². The molecule has 0 nitrogen and oxygen atoms in total. The van der Waals surface area contributed by atoms with Gasteiger partial charge in [0.2, 0.25) is 0 Å². The Morgan fingerprint density at radius 2 is 0.875 bits per heavy atom. The van der Waals surface area contributed by atoms with Crippen molar-refractivity contribution in [3.05, 3.63) is 0 Å². The fourth-order valence-electron chi connectivity index (χ4n) is 0. The first-order valence-electron chi connectivity index (χ1n) is 0.418. The van der Waals surface area contributed by atoms with Crippen molar-refractivity contribution in [1.29, 1.82) is 0 Å². The van der Waals surface area contributed by atoms with E-state index in [0.717, 1.165) is 0 Å². The zero-order valence-corrected chi connectivity index (χ0v) is 17.9. The van der Waals surface area contributed by atoms with Gasteiger partial charge in [0.25, 0.3) is 0 Å². The van der Waals surface area contributed by atoms with Crippen LogP contribution in [0.1, 0.15) is 7.43 Å². The van der Waals surface area contributed by atoms with Crippen LogP contribution in [-0.4, -0.2) is 0 Å². The van der Waals surface area contributed by atoms with Crippen LogP contribution < -0.4 is 154 Å². The maximum Gasteiger partial charge on any atom is 1.00 e. The predicted molar refractivity (Wildman–Crippen MR) is 38.1 cm³/mol. The van der Waals surface area contributed by atoms with Gasteiger partial charge in [-0.1, -0.05) is 7.43 Å². The molecule has 0 aliphatic rings. The van der Waals surface area contributed by atoms with Crippen molar-refractivity contribution in [3.8, 4) is 0 Å². The molecule has 7 heteroatoms. The van der Waals surface area contributed by atoms with Crippen LogP contribution in [0.2, 0.25) is 0 Å². The molecule has 0 bridgehead atoms. The van der Waals surface area contributed by atoms with Gasteiger partial charge in [0.05, 0.1) is 0 Å². The van der Waals surface area contributed by atoms with E-state index in [4.69, 9.17) is 0 Å². The summed E-state index contributed by atoms with van der Waals surface area (Å²) in [4.78, 5) is 0. The Bertz CT molecular complexity index is 17.2. The van der Waals surface area contributed by atoms with Crippen LogP contribution in [0, 0.1) is 0 Å². The van der Waals surface area contributed by atoms with Gasteiger partial charge in [-0.25, -0.2) is 0 Å². The summed E-state index contributed by atoms with van der Waals surface area (Å²) in [5, 5.41) is 0. The van der Waals surface area contributed by atoms with Crippen molar-refractivity contribution < 1.29 is 154 Å². The second kappa shape index (κ2) is 52.2. The molecule has 32 valence electrons. The smallest absolute Gasteiger partial charge is 0.645 e. The van der Waals surface area contributed by atoms with E-state index in [1.54, 1.807) is 0 Å². The molecular formula is CH6K3P2S2+3. The Morgan fingerprint density at radius 3 is 0.875 bits per heavy atom. The molecule has 0 aromatic heterocycles. The van der Waals surface area contributed by atoms with Crippen molar-refractivity contribution in [3.63, 3.8) is 0 Å². The van der Waals surface area contributed by atoms with E-state index in [1.165, 1.54) is 0 Å². The first-order chi connectivity index (χ1) is 2.00. The van der Waals surface area contributed by atoms with Crippen molar-refractivity contribution in [2.75, 3.05) is 0 Å². The molecule has 0 heterocycles. The van der Waals surface area contributed by atoms with Gasteiger partial charge in [0.1, 0.15) is 8.02 Å². The zero-order chi connectivity index (χ0) is 4.00. The molecule has 0 aliphatic heterocycles. The van der Waals surface area contributed by atoms with Crippen LogP contribution >= 0.6 is 16.0 Å². The summed E-state index contributed by atoms with van der Waals surface area (Å²) in [6.45, 7) is 0. The van der Waals surface area contributed by atoms with E-state index in [0.29, 0.717) is 0 Å². The van der Waals surface area contributed by atoms with Gasteiger partial charge >= 0.3 is 154 Å². The standard InChI is InChI=1S/CH4.3K.HPS.PS/c;;;;2*1-2/h1H4;;;;1H;/q;3*+1;;-1/p+1. The predicted octanol–water partition coefficient (Wildman–Crippen LogP) is -7.17. The minimum Gasteiger partial charge on any atom is -0.645 e. The van der Waals surface area contributed by atoms with Crippen LogP contribution in [0.25, 0.3) is 0 Å². The summed E-state index contributed by atoms with van der Waals surface area (Å²) in [6.07, 6.45) is 0. The molecule has 0 aromatic rings. The topological polar surface area (TPSA) is 0 Å². The van der Waals surface area contributed by atoms with Gasteiger partial charge in [-0.05, 0) is 0 Å². The maximum absolute atomic E-state index is 4.00. The Balaban J connectivity index is -0.00000000167. The van der Waals surface area contributed by atoms with Crippen molar-refractivity contribution in [2.24, 2.45) is 0 Å². The first kappa shape index (κ1) is 37.0.